The van der Waals surface area contributed by atoms with Crippen LogP contribution in [0, 0.1) is 24.4 Å². The number of nitrogens with zero attached hydrogens (tertiary/aromatic N) is 3. The lowest BCUT2D eigenvalue weighted by Gasteiger charge is -2.14. The molecule has 3 rings (SSSR count). The summed E-state index contributed by atoms with van der Waals surface area (Å²) in [7, 11) is 0. The van der Waals surface area contributed by atoms with Gasteiger partial charge in [0.1, 0.15) is 6.20 Å². The summed E-state index contributed by atoms with van der Waals surface area (Å²) in [6, 6.07) is 5.93. The van der Waals surface area contributed by atoms with Gasteiger partial charge in [-0.05, 0) is 42.3 Å². The number of anilines is 2. The Labute approximate surface area is 156 Å². The van der Waals surface area contributed by atoms with Crippen molar-refractivity contribution in [3.63, 3.8) is 0 Å². The van der Waals surface area contributed by atoms with Gasteiger partial charge in [-0.15, -0.1) is 0 Å². The van der Waals surface area contributed by atoms with Crippen LogP contribution >= 0.6 is 0 Å². The molecule has 144 valence electrons. The molecule has 0 radical (unpaired) electrons. The summed E-state index contributed by atoms with van der Waals surface area (Å²) < 4.78 is 41.2. The first-order valence-electron chi connectivity index (χ1n) is 7.93. The Morgan fingerprint density at radius 1 is 1.18 bits per heavy atom. The summed E-state index contributed by atoms with van der Waals surface area (Å²) in [5.41, 5.74) is 0.391. The van der Waals surface area contributed by atoms with Crippen molar-refractivity contribution in [1.29, 1.82) is 0 Å². The maximum atomic E-state index is 13.4. The number of benzene rings is 2. The molecule has 0 bridgehead atoms. The number of halogens is 3. The van der Waals surface area contributed by atoms with Gasteiger partial charge in [0.15, 0.2) is 17.5 Å². The van der Waals surface area contributed by atoms with E-state index in [0.29, 0.717) is 11.3 Å². The number of carboxylic acid groups (broad SMARTS) is 1. The van der Waals surface area contributed by atoms with Crippen LogP contribution in [0.1, 0.15) is 21.5 Å². The first kappa shape index (κ1) is 19.1. The van der Waals surface area contributed by atoms with Gasteiger partial charge in [0.2, 0.25) is 5.95 Å². The average Bonchev–Trinajstić information content (AvgIpc) is 2.63. The fourth-order valence-corrected chi connectivity index (χ4v) is 2.46. The van der Waals surface area contributed by atoms with E-state index in [0.717, 1.165) is 23.0 Å². The molecule has 28 heavy (non-hydrogen) atoms. The molecule has 0 atom stereocenters. The Morgan fingerprint density at radius 3 is 2.50 bits per heavy atom. The molecule has 2 N–H and O–H groups in total. The third-order valence-corrected chi connectivity index (χ3v) is 3.88. The summed E-state index contributed by atoms with van der Waals surface area (Å²) in [5.74, 6) is -5.53. The summed E-state index contributed by atoms with van der Waals surface area (Å²) in [5, 5.41) is 15.8. The van der Waals surface area contributed by atoms with Gasteiger partial charge in [-0.3, -0.25) is 4.79 Å². The van der Waals surface area contributed by atoms with Crippen LogP contribution in [0.2, 0.25) is 0 Å². The van der Waals surface area contributed by atoms with Crippen LogP contribution in [0.3, 0.4) is 0 Å². The van der Waals surface area contributed by atoms with Crippen LogP contribution in [0.15, 0.2) is 41.3 Å². The van der Waals surface area contributed by atoms with Crippen LogP contribution in [-0.4, -0.2) is 25.8 Å². The number of carbonyl (C=O) groups is 1. The predicted molar refractivity (Wildman–Crippen MR) is 93.1 cm³/mol. The monoisotopic (exact) mass is 390 g/mol. The lowest BCUT2D eigenvalue weighted by molar-refractivity contribution is 0.0697. The molecule has 0 spiro atoms. The molecule has 2 aromatic carbocycles. The molecular weight excluding hydrogens is 377 g/mol. The fourth-order valence-electron chi connectivity index (χ4n) is 2.46. The molecule has 0 aliphatic carbocycles. The van der Waals surface area contributed by atoms with Crippen molar-refractivity contribution < 1.29 is 23.1 Å². The minimum absolute atomic E-state index is 0.00793. The molecule has 1 aromatic heterocycles. The molecule has 0 amide bonds. The number of nitrogens with one attached hydrogen (secondary N) is 1. The molecule has 3 aromatic rings. The van der Waals surface area contributed by atoms with Gasteiger partial charge in [0, 0.05) is 5.69 Å². The Balaban J connectivity index is 1.99. The Kier molecular flexibility index (Phi) is 5.12. The van der Waals surface area contributed by atoms with E-state index in [1.165, 1.54) is 12.1 Å². The number of rotatable bonds is 5. The largest absolute Gasteiger partial charge is 0.478 e. The van der Waals surface area contributed by atoms with Crippen molar-refractivity contribution in [2.45, 2.75) is 13.5 Å². The van der Waals surface area contributed by atoms with E-state index in [2.05, 4.69) is 15.4 Å². The van der Waals surface area contributed by atoms with Gasteiger partial charge in [-0.2, -0.15) is 10.1 Å². The normalized spacial score (nSPS) is 10.7. The highest BCUT2D eigenvalue weighted by Crippen LogP contribution is 2.21. The molecule has 0 saturated heterocycles. The van der Waals surface area contributed by atoms with Gasteiger partial charge in [0.25, 0.3) is 5.56 Å². The average molecular weight is 390 g/mol. The lowest BCUT2D eigenvalue weighted by atomic mass is 10.1. The number of aromatic nitrogens is 3. The van der Waals surface area contributed by atoms with E-state index in [1.54, 1.807) is 13.0 Å². The highest BCUT2D eigenvalue weighted by molar-refractivity contribution is 5.89. The van der Waals surface area contributed by atoms with Gasteiger partial charge >= 0.3 is 5.97 Å². The molecule has 0 fully saturated rings. The number of aromatic carboxylic acids is 1. The van der Waals surface area contributed by atoms with Gasteiger partial charge < -0.3 is 10.4 Å². The minimum atomic E-state index is -1.59. The zero-order valence-electron chi connectivity index (χ0n) is 14.4. The second-order valence-electron chi connectivity index (χ2n) is 5.91. The molecule has 0 aliphatic heterocycles. The van der Waals surface area contributed by atoms with E-state index in [-0.39, 0.29) is 23.6 Å². The molecule has 0 unspecified atom stereocenters. The second-order valence-corrected chi connectivity index (χ2v) is 5.91. The zero-order chi connectivity index (χ0) is 20.4. The standard InChI is InChI=1S/C18H13F3N4O3/c1-9-2-3-11(17(27)28)6-14(9)23-18-24-15(26)7-22-25(18)8-10-4-12(19)16(21)13(20)5-10/h2-7H,8H2,1H3,(H,27,28)(H,23,24,26). The van der Waals surface area contributed by atoms with Crippen molar-refractivity contribution in [3.05, 3.63) is 81.0 Å². The van der Waals surface area contributed by atoms with Crippen LogP contribution in [0.4, 0.5) is 24.8 Å². The van der Waals surface area contributed by atoms with Crippen LogP contribution < -0.4 is 10.9 Å². The highest BCUT2D eigenvalue weighted by atomic mass is 19.2. The van der Waals surface area contributed by atoms with Crippen LogP contribution in [0.25, 0.3) is 0 Å². The number of aryl methyl sites for hydroxylation is 1. The SMILES string of the molecule is Cc1ccc(C(=O)O)cc1Nc1nc(=O)cnn1Cc1cc(F)c(F)c(F)c1. The Bertz CT molecular complexity index is 1110. The third kappa shape index (κ3) is 4.00. The molecular formula is C18H13F3N4O3. The molecule has 7 nitrogen and oxygen atoms in total. The van der Waals surface area contributed by atoms with Crippen molar-refractivity contribution in [1.82, 2.24) is 14.8 Å². The van der Waals surface area contributed by atoms with E-state index in [9.17, 15) is 22.8 Å². The Hall–Kier alpha value is -3.69. The molecule has 0 aliphatic rings. The topological polar surface area (TPSA) is 97.1 Å². The van der Waals surface area contributed by atoms with E-state index in [4.69, 9.17) is 5.11 Å². The van der Waals surface area contributed by atoms with Gasteiger partial charge in [0.05, 0.1) is 12.1 Å². The minimum Gasteiger partial charge on any atom is -0.478 e. The summed E-state index contributed by atoms with van der Waals surface area (Å²) >= 11 is 0. The number of hydrogen-bond acceptors (Lipinski definition) is 5. The maximum Gasteiger partial charge on any atom is 0.335 e. The van der Waals surface area contributed by atoms with E-state index < -0.39 is 29.0 Å². The fraction of sp³-hybridized carbons (Fsp3) is 0.111. The summed E-state index contributed by atoms with van der Waals surface area (Å²) in [6.45, 7) is 1.49. The smallest absolute Gasteiger partial charge is 0.335 e. The van der Waals surface area contributed by atoms with Gasteiger partial charge in [-0.25, -0.2) is 22.6 Å². The highest BCUT2D eigenvalue weighted by Gasteiger charge is 2.14. The lowest BCUT2D eigenvalue weighted by Crippen LogP contribution is -2.19. The van der Waals surface area contributed by atoms with Crippen LogP contribution in [0.5, 0.6) is 0 Å². The number of carboxylic acids is 1. The summed E-state index contributed by atoms with van der Waals surface area (Å²) in [4.78, 5) is 26.5. The first-order valence-corrected chi connectivity index (χ1v) is 7.93. The van der Waals surface area contributed by atoms with E-state index in [1.807, 2.05) is 0 Å². The first-order chi connectivity index (χ1) is 13.2. The Morgan fingerprint density at radius 2 is 1.86 bits per heavy atom. The quantitative estimate of drug-likeness (QED) is 0.651. The second kappa shape index (κ2) is 7.51. The maximum absolute atomic E-state index is 13.4. The van der Waals surface area contributed by atoms with Crippen molar-refractivity contribution in [2.75, 3.05) is 5.32 Å². The van der Waals surface area contributed by atoms with Gasteiger partial charge in [-0.1, -0.05) is 6.07 Å². The number of hydrogen-bond donors (Lipinski definition) is 2. The van der Waals surface area contributed by atoms with Crippen LogP contribution in [-0.2, 0) is 6.54 Å². The van der Waals surface area contributed by atoms with E-state index >= 15 is 0 Å². The predicted octanol–water partition coefficient (Wildman–Crippen LogP) is 2.85. The van der Waals surface area contributed by atoms with Crippen molar-refractivity contribution in [2.24, 2.45) is 0 Å². The van der Waals surface area contributed by atoms with Crippen molar-refractivity contribution in [3.8, 4) is 0 Å². The zero-order valence-corrected chi connectivity index (χ0v) is 14.4. The van der Waals surface area contributed by atoms with Crippen molar-refractivity contribution >= 4 is 17.6 Å². The summed E-state index contributed by atoms with van der Waals surface area (Å²) in [6.07, 6.45) is 0.905. The molecule has 10 heteroatoms. The molecule has 1 heterocycles. The molecule has 0 saturated carbocycles. The third-order valence-electron chi connectivity index (χ3n) is 3.88.